The third kappa shape index (κ3) is 2.72. The van der Waals surface area contributed by atoms with Crippen LogP contribution < -0.4 is 10.6 Å². The van der Waals surface area contributed by atoms with E-state index in [0.717, 1.165) is 0 Å². The molecule has 2 N–H and O–H groups in total. The number of hydrogen-bond donors (Lipinski definition) is 1. The quantitative estimate of drug-likeness (QED) is 0.635. The first-order chi connectivity index (χ1) is 9.00. The van der Waals surface area contributed by atoms with Crippen LogP contribution in [-0.2, 0) is 9.53 Å². The largest absolute Gasteiger partial charge is 0.379 e. The highest BCUT2D eigenvalue weighted by Gasteiger charge is 2.33. The Balaban J connectivity index is 2.12. The van der Waals surface area contributed by atoms with E-state index in [1.54, 1.807) is 7.05 Å². The molecule has 1 amide bonds. The van der Waals surface area contributed by atoms with Gasteiger partial charge >= 0.3 is 0 Å². The van der Waals surface area contributed by atoms with Crippen LogP contribution in [0, 0.1) is 16.0 Å². The third-order valence-electron chi connectivity index (χ3n) is 3.22. The van der Waals surface area contributed by atoms with E-state index >= 15 is 0 Å². The number of nitro groups is 1. The van der Waals surface area contributed by atoms with Gasteiger partial charge in [0.1, 0.15) is 0 Å². The Morgan fingerprint density at radius 1 is 1.42 bits per heavy atom. The molecule has 0 spiro atoms. The molecular weight excluding hydrogens is 250 g/mol. The molecule has 1 aliphatic heterocycles. The zero-order valence-electron chi connectivity index (χ0n) is 10.5. The van der Waals surface area contributed by atoms with E-state index < -0.39 is 4.92 Å². The fourth-order valence-electron chi connectivity index (χ4n) is 2.00. The molecule has 102 valence electrons. The van der Waals surface area contributed by atoms with Gasteiger partial charge in [0.25, 0.3) is 5.69 Å². The average molecular weight is 265 g/mol. The molecule has 1 saturated heterocycles. The summed E-state index contributed by atoms with van der Waals surface area (Å²) in [6, 6.07) is 5.51. The number of amides is 1. The number of anilines is 1. The van der Waals surface area contributed by atoms with Crippen LogP contribution in [-0.4, -0.2) is 37.1 Å². The van der Waals surface area contributed by atoms with Crippen LogP contribution in [0.1, 0.15) is 0 Å². The number of carbonyl (C=O) groups excluding carboxylic acids is 1. The van der Waals surface area contributed by atoms with Crippen LogP contribution in [0.3, 0.4) is 0 Å². The lowest BCUT2D eigenvalue weighted by Crippen LogP contribution is -2.42. The standard InChI is InChI=1S/C12H15N3O4/c1-14(12(16)10-6-19-7-11(10)13)8-2-4-9(5-3-8)15(17)18/h2-5,10-11H,6-7,13H2,1H3. The number of nitrogens with two attached hydrogens (primary N) is 1. The van der Waals surface area contributed by atoms with E-state index in [1.165, 1.54) is 29.2 Å². The van der Waals surface area contributed by atoms with Crippen molar-refractivity contribution in [2.45, 2.75) is 6.04 Å². The normalized spacial score (nSPS) is 22.2. The second-order valence-electron chi connectivity index (χ2n) is 4.48. The van der Waals surface area contributed by atoms with E-state index in [-0.39, 0.29) is 23.6 Å². The number of carbonyl (C=O) groups is 1. The number of hydrogen-bond acceptors (Lipinski definition) is 5. The van der Waals surface area contributed by atoms with Gasteiger partial charge in [0.05, 0.1) is 24.1 Å². The molecule has 7 nitrogen and oxygen atoms in total. The highest BCUT2D eigenvalue weighted by molar-refractivity contribution is 5.95. The van der Waals surface area contributed by atoms with Crippen molar-refractivity contribution in [1.29, 1.82) is 0 Å². The summed E-state index contributed by atoms with van der Waals surface area (Å²) in [5, 5.41) is 10.6. The maximum atomic E-state index is 12.2. The lowest BCUT2D eigenvalue weighted by atomic mass is 10.0. The van der Waals surface area contributed by atoms with Gasteiger partial charge in [0.2, 0.25) is 5.91 Å². The fourth-order valence-corrected chi connectivity index (χ4v) is 2.00. The monoisotopic (exact) mass is 265 g/mol. The predicted molar refractivity (Wildman–Crippen MR) is 68.8 cm³/mol. The summed E-state index contributed by atoms with van der Waals surface area (Å²) in [6.45, 7) is 0.696. The van der Waals surface area contributed by atoms with Gasteiger partial charge in [-0.25, -0.2) is 0 Å². The third-order valence-corrected chi connectivity index (χ3v) is 3.22. The van der Waals surface area contributed by atoms with Gasteiger partial charge in [-0.2, -0.15) is 0 Å². The Kier molecular flexibility index (Phi) is 3.77. The topological polar surface area (TPSA) is 98.7 Å². The predicted octanol–water partition coefficient (Wildman–Crippen LogP) is 0.531. The molecule has 1 aliphatic rings. The molecule has 2 unspecified atom stereocenters. The van der Waals surface area contributed by atoms with E-state index in [2.05, 4.69) is 0 Å². The van der Waals surface area contributed by atoms with E-state index in [4.69, 9.17) is 10.5 Å². The van der Waals surface area contributed by atoms with Crippen LogP contribution in [0.5, 0.6) is 0 Å². The summed E-state index contributed by atoms with van der Waals surface area (Å²) < 4.78 is 5.17. The number of non-ortho nitro benzene ring substituents is 1. The minimum Gasteiger partial charge on any atom is -0.379 e. The molecule has 1 heterocycles. The van der Waals surface area contributed by atoms with E-state index in [0.29, 0.717) is 18.9 Å². The molecule has 1 aromatic carbocycles. The highest BCUT2D eigenvalue weighted by Crippen LogP contribution is 2.22. The first kappa shape index (κ1) is 13.4. The van der Waals surface area contributed by atoms with Crippen LogP contribution in [0.25, 0.3) is 0 Å². The second-order valence-corrected chi connectivity index (χ2v) is 4.48. The summed E-state index contributed by atoms with van der Waals surface area (Å²) in [7, 11) is 1.62. The smallest absolute Gasteiger partial charge is 0.269 e. The van der Waals surface area contributed by atoms with Crippen molar-refractivity contribution in [1.82, 2.24) is 0 Å². The van der Waals surface area contributed by atoms with Gasteiger partial charge in [0, 0.05) is 30.9 Å². The van der Waals surface area contributed by atoms with E-state index in [1.807, 2.05) is 0 Å². The van der Waals surface area contributed by atoms with Crippen molar-refractivity contribution >= 4 is 17.3 Å². The molecule has 2 rings (SSSR count). The van der Waals surface area contributed by atoms with Gasteiger partial charge in [-0.1, -0.05) is 0 Å². The molecule has 19 heavy (non-hydrogen) atoms. The fraction of sp³-hybridized carbons (Fsp3) is 0.417. The molecular formula is C12H15N3O4. The van der Waals surface area contributed by atoms with Gasteiger partial charge in [-0.15, -0.1) is 0 Å². The summed E-state index contributed by atoms with van der Waals surface area (Å²) in [6.07, 6.45) is 0. The van der Waals surface area contributed by atoms with Crippen molar-refractivity contribution in [2.75, 3.05) is 25.2 Å². The molecule has 0 bridgehead atoms. The van der Waals surface area contributed by atoms with Crippen LogP contribution >= 0.6 is 0 Å². The van der Waals surface area contributed by atoms with Crippen molar-refractivity contribution in [3.63, 3.8) is 0 Å². The molecule has 0 radical (unpaired) electrons. The number of benzene rings is 1. The summed E-state index contributed by atoms with van der Waals surface area (Å²) in [4.78, 5) is 23.7. The van der Waals surface area contributed by atoms with Gasteiger partial charge in [0.15, 0.2) is 0 Å². The average Bonchev–Trinajstić information content (AvgIpc) is 2.83. The Labute approximate surface area is 110 Å². The zero-order chi connectivity index (χ0) is 14.0. The number of nitro benzene ring substituents is 1. The van der Waals surface area contributed by atoms with Crippen molar-refractivity contribution in [3.05, 3.63) is 34.4 Å². The van der Waals surface area contributed by atoms with Crippen LogP contribution in [0.2, 0.25) is 0 Å². The molecule has 2 atom stereocenters. The Morgan fingerprint density at radius 2 is 2.05 bits per heavy atom. The molecule has 0 aromatic heterocycles. The van der Waals surface area contributed by atoms with Gasteiger partial charge in [-0.3, -0.25) is 14.9 Å². The lowest BCUT2D eigenvalue weighted by molar-refractivity contribution is -0.384. The minimum atomic E-state index is -0.480. The zero-order valence-corrected chi connectivity index (χ0v) is 10.5. The maximum absolute atomic E-state index is 12.2. The van der Waals surface area contributed by atoms with Crippen molar-refractivity contribution in [3.8, 4) is 0 Å². The number of nitrogens with zero attached hydrogens (tertiary/aromatic N) is 2. The van der Waals surface area contributed by atoms with Crippen molar-refractivity contribution < 1.29 is 14.5 Å². The molecule has 1 fully saturated rings. The minimum absolute atomic E-state index is 0.00880. The molecule has 1 aromatic rings. The Bertz CT molecular complexity index is 488. The first-order valence-corrected chi connectivity index (χ1v) is 5.86. The van der Waals surface area contributed by atoms with Crippen molar-refractivity contribution in [2.24, 2.45) is 11.7 Å². The highest BCUT2D eigenvalue weighted by atomic mass is 16.6. The number of ether oxygens (including phenoxy) is 1. The maximum Gasteiger partial charge on any atom is 0.269 e. The second kappa shape index (κ2) is 5.33. The van der Waals surface area contributed by atoms with Gasteiger partial charge < -0.3 is 15.4 Å². The molecule has 0 aliphatic carbocycles. The summed E-state index contributed by atoms with van der Waals surface area (Å²) in [5.41, 5.74) is 6.38. The van der Waals surface area contributed by atoms with Crippen LogP contribution in [0.4, 0.5) is 11.4 Å². The first-order valence-electron chi connectivity index (χ1n) is 5.86. The summed E-state index contributed by atoms with van der Waals surface area (Å²) >= 11 is 0. The molecule has 7 heteroatoms. The SMILES string of the molecule is CN(C(=O)C1COCC1N)c1ccc([N+](=O)[O-])cc1. The Hall–Kier alpha value is -1.99. The summed E-state index contributed by atoms with van der Waals surface area (Å²) in [5.74, 6) is -0.501. The Morgan fingerprint density at radius 3 is 2.53 bits per heavy atom. The molecule has 0 saturated carbocycles. The lowest BCUT2D eigenvalue weighted by Gasteiger charge is -2.22. The van der Waals surface area contributed by atoms with Crippen LogP contribution in [0.15, 0.2) is 24.3 Å². The number of rotatable bonds is 3. The van der Waals surface area contributed by atoms with Gasteiger partial charge in [-0.05, 0) is 12.1 Å². The van der Waals surface area contributed by atoms with E-state index in [9.17, 15) is 14.9 Å².